The van der Waals surface area contributed by atoms with Crippen LogP contribution in [0.2, 0.25) is 0 Å². The van der Waals surface area contributed by atoms with Crippen molar-refractivity contribution in [3.63, 3.8) is 0 Å². The third kappa shape index (κ3) is 7.29. The van der Waals surface area contributed by atoms with Crippen molar-refractivity contribution in [2.45, 2.75) is 58.6 Å². The molecule has 0 unspecified atom stereocenters. The summed E-state index contributed by atoms with van der Waals surface area (Å²) in [5.74, 6) is 0. The molecule has 32 heavy (non-hydrogen) atoms. The standard InChI is InChI=1S/C18H29Cl2NO8P2S/c1-7-26-30(22,27-8-2)18(17(19)20)21(31(23,28-14(3)4)29-15(5)6)32(24,25)16-12-10-9-11-13-16/h9-15H,7-8H2,1-6H3. The maximum absolute atomic E-state index is 14.1. The Morgan fingerprint density at radius 2 is 1.38 bits per heavy atom. The highest BCUT2D eigenvalue weighted by atomic mass is 35.5. The van der Waals surface area contributed by atoms with Crippen LogP contribution in [0, 0.1) is 0 Å². The van der Waals surface area contributed by atoms with Crippen LogP contribution in [0.1, 0.15) is 41.5 Å². The third-order valence-electron chi connectivity index (χ3n) is 3.39. The van der Waals surface area contributed by atoms with E-state index in [2.05, 4.69) is 0 Å². The Morgan fingerprint density at radius 1 is 0.938 bits per heavy atom. The molecule has 1 rings (SSSR count). The SMILES string of the molecule is CCOP(=O)(OCC)C(=C(Cl)Cl)N(P(=O)(OC(C)C)OC(C)C)S(=O)(=O)c1ccccc1. The maximum atomic E-state index is 14.1. The molecule has 0 aliphatic heterocycles. The van der Waals surface area contributed by atoms with Crippen LogP contribution in [0.15, 0.2) is 45.2 Å². The van der Waals surface area contributed by atoms with E-state index in [1.54, 1.807) is 6.07 Å². The van der Waals surface area contributed by atoms with Crippen molar-refractivity contribution in [3.8, 4) is 0 Å². The third-order valence-corrected chi connectivity index (χ3v) is 11.2. The van der Waals surface area contributed by atoms with Crippen LogP contribution in [0.3, 0.4) is 0 Å². The molecule has 1 aromatic rings. The van der Waals surface area contributed by atoms with Gasteiger partial charge in [0.05, 0.1) is 30.3 Å². The largest absolute Gasteiger partial charge is 0.450 e. The first-order valence-corrected chi connectivity index (χ1v) is 15.0. The van der Waals surface area contributed by atoms with E-state index in [0.717, 1.165) is 0 Å². The smallest absolute Gasteiger partial charge is 0.304 e. The summed E-state index contributed by atoms with van der Waals surface area (Å²) in [5, 5.41) is 0. The highest BCUT2D eigenvalue weighted by molar-refractivity contribution is 7.95. The van der Waals surface area contributed by atoms with Crippen molar-refractivity contribution in [2.24, 2.45) is 0 Å². The van der Waals surface area contributed by atoms with Gasteiger partial charge in [-0.15, -0.1) is 0 Å². The first-order chi connectivity index (χ1) is 14.7. The number of halogens is 2. The summed E-state index contributed by atoms with van der Waals surface area (Å²) >= 11 is 12.1. The summed E-state index contributed by atoms with van der Waals surface area (Å²) in [4.78, 5) is -0.299. The summed E-state index contributed by atoms with van der Waals surface area (Å²) in [5.41, 5.74) is -0.863. The Bertz CT molecular complexity index is 958. The van der Waals surface area contributed by atoms with Crippen LogP contribution >= 0.6 is 38.5 Å². The van der Waals surface area contributed by atoms with Gasteiger partial charge >= 0.3 is 15.3 Å². The van der Waals surface area contributed by atoms with Gasteiger partial charge in [-0.1, -0.05) is 41.4 Å². The molecule has 0 saturated heterocycles. The molecule has 0 aliphatic rings. The molecular formula is C18H29Cl2NO8P2S. The second-order valence-corrected chi connectivity index (χ2v) is 13.5. The summed E-state index contributed by atoms with van der Waals surface area (Å²) in [7, 11) is -14.1. The molecule has 9 nitrogen and oxygen atoms in total. The summed E-state index contributed by atoms with van der Waals surface area (Å²) in [6, 6.07) is 7.01. The van der Waals surface area contributed by atoms with Crippen LogP contribution in [0.4, 0.5) is 0 Å². The number of sulfonamides is 1. The Balaban J connectivity index is 4.07. The van der Waals surface area contributed by atoms with Gasteiger partial charge in [0.15, 0.2) is 5.44 Å². The van der Waals surface area contributed by atoms with Gasteiger partial charge in [-0.2, -0.15) is 4.08 Å². The van der Waals surface area contributed by atoms with Gasteiger partial charge in [0.2, 0.25) is 0 Å². The molecule has 0 aromatic heterocycles. The summed E-state index contributed by atoms with van der Waals surface area (Å²) in [6.07, 6.45) is -1.52. The lowest BCUT2D eigenvalue weighted by Crippen LogP contribution is -2.32. The molecule has 0 N–H and O–H groups in total. The molecule has 0 bridgehead atoms. The maximum Gasteiger partial charge on any atom is 0.450 e. The molecule has 0 spiro atoms. The minimum absolute atomic E-state index is 0.151. The van der Waals surface area contributed by atoms with Gasteiger partial charge in [-0.05, 0) is 53.7 Å². The normalized spacial score (nSPS) is 12.9. The van der Waals surface area contributed by atoms with E-state index in [4.69, 9.17) is 41.3 Å². The molecule has 0 aliphatic carbocycles. The number of rotatable bonds is 13. The lowest BCUT2D eigenvalue weighted by Gasteiger charge is -2.35. The van der Waals surface area contributed by atoms with Crippen molar-refractivity contribution in [2.75, 3.05) is 13.2 Å². The first-order valence-electron chi connectivity index (χ1n) is 9.77. The zero-order chi connectivity index (χ0) is 24.7. The van der Waals surface area contributed by atoms with Crippen molar-refractivity contribution >= 4 is 48.6 Å². The van der Waals surface area contributed by atoms with Gasteiger partial charge in [0.1, 0.15) is 4.49 Å². The van der Waals surface area contributed by atoms with Crippen LogP contribution in [0.5, 0.6) is 0 Å². The fraction of sp³-hybridized carbons (Fsp3) is 0.556. The van der Waals surface area contributed by atoms with Gasteiger partial charge < -0.3 is 9.05 Å². The number of nitrogens with zero attached hydrogens (tertiary/aromatic N) is 1. The van der Waals surface area contributed by atoms with E-state index in [-0.39, 0.29) is 22.2 Å². The van der Waals surface area contributed by atoms with Crippen molar-refractivity contribution in [1.29, 1.82) is 0 Å². The van der Waals surface area contributed by atoms with Crippen molar-refractivity contribution in [1.82, 2.24) is 4.08 Å². The molecular weight excluding hydrogens is 523 g/mol. The molecule has 0 radical (unpaired) electrons. The second kappa shape index (κ2) is 12.3. The summed E-state index contributed by atoms with van der Waals surface area (Å²) in [6.45, 7) is 8.83. The lowest BCUT2D eigenvalue weighted by atomic mass is 10.4. The van der Waals surface area contributed by atoms with Gasteiger partial charge in [-0.3, -0.25) is 13.6 Å². The van der Waals surface area contributed by atoms with Gasteiger partial charge in [0, 0.05) is 0 Å². The predicted octanol–water partition coefficient (Wildman–Crippen LogP) is 6.51. The number of benzene rings is 1. The van der Waals surface area contributed by atoms with Crippen LogP contribution in [-0.2, 0) is 37.2 Å². The molecule has 1 aromatic carbocycles. The Kier molecular flexibility index (Phi) is 11.4. The molecule has 14 heteroatoms. The topological polar surface area (TPSA) is 108 Å². The molecule has 0 atom stereocenters. The lowest BCUT2D eigenvalue weighted by molar-refractivity contribution is 0.125. The Morgan fingerprint density at radius 3 is 1.72 bits per heavy atom. The zero-order valence-electron chi connectivity index (χ0n) is 18.7. The molecule has 0 fully saturated rings. The number of hydrogen-bond acceptors (Lipinski definition) is 8. The van der Waals surface area contributed by atoms with Crippen LogP contribution in [0.25, 0.3) is 0 Å². The van der Waals surface area contributed by atoms with Gasteiger partial charge in [-0.25, -0.2) is 13.0 Å². The minimum Gasteiger partial charge on any atom is -0.304 e. The average Bonchev–Trinajstić information content (AvgIpc) is 2.65. The van der Waals surface area contributed by atoms with E-state index >= 15 is 0 Å². The fourth-order valence-electron chi connectivity index (χ4n) is 2.48. The molecule has 0 heterocycles. The van der Waals surface area contributed by atoms with Crippen molar-refractivity contribution < 1.29 is 35.6 Å². The molecule has 0 amide bonds. The van der Waals surface area contributed by atoms with E-state index in [1.165, 1.54) is 65.8 Å². The number of hydrogen-bond donors (Lipinski definition) is 0. The van der Waals surface area contributed by atoms with Crippen molar-refractivity contribution in [3.05, 3.63) is 40.3 Å². The predicted molar refractivity (Wildman–Crippen MR) is 125 cm³/mol. The zero-order valence-corrected chi connectivity index (χ0v) is 22.8. The minimum atomic E-state index is -4.80. The fourth-order valence-corrected chi connectivity index (χ4v) is 10.4. The van der Waals surface area contributed by atoms with Gasteiger partial charge in [0.25, 0.3) is 10.0 Å². The van der Waals surface area contributed by atoms with E-state index in [1.807, 2.05) is 0 Å². The first kappa shape index (κ1) is 29.6. The highest BCUT2D eigenvalue weighted by Gasteiger charge is 2.53. The summed E-state index contributed by atoms with van der Waals surface area (Å²) < 4.78 is 76.2. The van der Waals surface area contributed by atoms with E-state index < -0.39 is 47.5 Å². The average molecular weight is 552 g/mol. The highest BCUT2D eigenvalue weighted by Crippen LogP contribution is 2.69. The van der Waals surface area contributed by atoms with Crippen LogP contribution < -0.4 is 0 Å². The Hall–Kier alpha value is -0.410. The van der Waals surface area contributed by atoms with Crippen LogP contribution in [-0.4, -0.2) is 37.9 Å². The second-order valence-electron chi connectivity index (χ2n) is 6.75. The van der Waals surface area contributed by atoms with E-state index in [9.17, 15) is 17.5 Å². The monoisotopic (exact) mass is 551 g/mol. The molecule has 0 saturated carbocycles. The quantitative estimate of drug-likeness (QED) is 0.255. The Labute approximate surface area is 200 Å². The van der Waals surface area contributed by atoms with E-state index in [0.29, 0.717) is 0 Å². The molecule has 184 valence electrons.